The van der Waals surface area contributed by atoms with Crippen molar-refractivity contribution in [2.75, 3.05) is 18.0 Å². The van der Waals surface area contributed by atoms with E-state index >= 15 is 0 Å². The molecule has 1 N–H and O–H groups in total. The van der Waals surface area contributed by atoms with Crippen LogP contribution in [0.3, 0.4) is 0 Å². The van der Waals surface area contributed by atoms with E-state index in [1.165, 1.54) is 21.3 Å². The van der Waals surface area contributed by atoms with Gasteiger partial charge in [0.05, 0.1) is 17.7 Å². The van der Waals surface area contributed by atoms with Gasteiger partial charge in [0.1, 0.15) is 18.3 Å². The zero-order chi connectivity index (χ0) is 33.4. The number of nitrogens with zero attached hydrogens (tertiary/aromatic N) is 2. The van der Waals surface area contributed by atoms with Crippen molar-refractivity contribution in [3.8, 4) is 5.75 Å². The van der Waals surface area contributed by atoms with Crippen molar-refractivity contribution in [3.05, 3.63) is 125 Å². The number of nitrogens with one attached hydrogen (secondary N) is 1. The van der Waals surface area contributed by atoms with Crippen LogP contribution in [0, 0.1) is 13.8 Å². The first-order valence-electron chi connectivity index (χ1n) is 16.1. The molecule has 47 heavy (non-hydrogen) atoms. The normalized spacial score (nSPS) is 13.9. The Kier molecular flexibility index (Phi) is 11.0. The summed E-state index contributed by atoms with van der Waals surface area (Å²) in [7, 11) is -2.58. The van der Waals surface area contributed by atoms with E-state index in [2.05, 4.69) is 5.32 Å². The highest BCUT2D eigenvalue weighted by Crippen LogP contribution is 2.29. The van der Waals surface area contributed by atoms with Crippen LogP contribution in [0.1, 0.15) is 47.9 Å². The summed E-state index contributed by atoms with van der Waals surface area (Å²) in [6, 6.07) is 29.7. The van der Waals surface area contributed by atoms with E-state index in [9.17, 15) is 18.0 Å². The highest BCUT2D eigenvalue weighted by molar-refractivity contribution is 7.92. The van der Waals surface area contributed by atoms with E-state index < -0.39 is 28.5 Å². The molecule has 1 saturated carbocycles. The minimum atomic E-state index is -4.16. The molecule has 5 rings (SSSR count). The SMILES string of the molecule is COc1cccc(CN(C(=O)CN(c2ccc(C)cc2C)S(=O)(=O)c2ccccc2)[C@@H](Cc2ccccc2)C(=O)NC2CCCC2)c1. The average molecular weight is 654 g/mol. The summed E-state index contributed by atoms with van der Waals surface area (Å²) < 4.78 is 35.1. The number of sulfonamides is 1. The van der Waals surface area contributed by atoms with E-state index in [0.29, 0.717) is 11.4 Å². The van der Waals surface area contributed by atoms with Crippen LogP contribution < -0.4 is 14.4 Å². The molecule has 0 aliphatic heterocycles. The summed E-state index contributed by atoms with van der Waals surface area (Å²) in [6.07, 6.45) is 4.14. The van der Waals surface area contributed by atoms with Gasteiger partial charge in [-0.1, -0.05) is 91.2 Å². The summed E-state index contributed by atoms with van der Waals surface area (Å²) in [5, 5.41) is 3.21. The average Bonchev–Trinajstić information content (AvgIpc) is 3.59. The lowest BCUT2D eigenvalue weighted by atomic mass is 10.0. The molecule has 0 heterocycles. The van der Waals surface area contributed by atoms with Gasteiger partial charge in [-0.15, -0.1) is 0 Å². The van der Waals surface area contributed by atoms with Crippen molar-refractivity contribution in [2.45, 2.75) is 69.5 Å². The Morgan fingerprint density at radius 3 is 2.17 bits per heavy atom. The monoisotopic (exact) mass is 653 g/mol. The molecule has 0 aromatic heterocycles. The van der Waals surface area contributed by atoms with Gasteiger partial charge in [-0.3, -0.25) is 13.9 Å². The number of carbonyl (C=O) groups excluding carboxylic acids is 2. The fraction of sp³-hybridized carbons (Fsp3) is 0.316. The maximum Gasteiger partial charge on any atom is 0.264 e. The number of rotatable bonds is 13. The van der Waals surface area contributed by atoms with E-state index in [0.717, 1.165) is 47.9 Å². The maximum absolute atomic E-state index is 14.7. The number of anilines is 1. The second-order valence-corrected chi connectivity index (χ2v) is 14.0. The Morgan fingerprint density at radius 1 is 0.851 bits per heavy atom. The molecule has 1 aliphatic rings. The number of carbonyl (C=O) groups is 2. The molecule has 4 aromatic rings. The first kappa shape index (κ1) is 33.7. The number of hydrogen-bond acceptors (Lipinski definition) is 5. The summed E-state index contributed by atoms with van der Waals surface area (Å²) >= 11 is 0. The quantitative estimate of drug-likeness (QED) is 0.185. The van der Waals surface area contributed by atoms with Crippen LogP contribution in [0.4, 0.5) is 5.69 Å². The van der Waals surface area contributed by atoms with Gasteiger partial charge in [-0.2, -0.15) is 0 Å². The van der Waals surface area contributed by atoms with Gasteiger partial charge >= 0.3 is 0 Å². The number of aryl methyl sites for hydroxylation is 2. The molecule has 0 radical (unpaired) electrons. The third-order valence-electron chi connectivity index (χ3n) is 8.69. The predicted octanol–water partition coefficient (Wildman–Crippen LogP) is 6.21. The highest BCUT2D eigenvalue weighted by Gasteiger charge is 2.36. The Labute approximate surface area is 278 Å². The van der Waals surface area contributed by atoms with Crippen LogP contribution in [-0.2, 0) is 32.6 Å². The number of ether oxygens (including phenoxy) is 1. The maximum atomic E-state index is 14.7. The lowest BCUT2D eigenvalue weighted by molar-refractivity contribution is -0.140. The Hall–Kier alpha value is -4.63. The molecule has 1 aliphatic carbocycles. The zero-order valence-electron chi connectivity index (χ0n) is 27.3. The summed E-state index contributed by atoms with van der Waals surface area (Å²) in [5.74, 6) is -0.121. The molecule has 8 nitrogen and oxygen atoms in total. The Morgan fingerprint density at radius 2 is 1.51 bits per heavy atom. The Bertz CT molecular complexity index is 1770. The van der Waals surface area contributed by atoms with Crippen LogP contribution in [0.25, 0.3) is 0 Å². The van der Waals surface area contributed by atoms with Crippen molar-refractivity contribution in [2.24, 2.45) is 0 Å². The molecule has 2 amide bonds. The fourth-order valence-corrected chi connectivity index (χ4v) is 7.71. The minimum absolute atomic E-state index is 0.0414. The Balaban J connectivity index is 1.59. The van der Waals surface area contributed by atoms with Gasteiger partial charge in [0.2, 0.25) is 11.8 Å². The number of amides is 2. The second kappa shape index (κ2) is 15.3. The number of methoxy groups -OCH3 is 1. The smallest absolute Gasteiger partial charge is 0.264 e. The largest absolute Gasteiger partial charge is 0.497 e. The van der Waals surface area contributed by atoms with E-state index in [4.69, 9.17) is 4.74 Å². The number of benzene rings is 4. The van der Waals surface area contributed by atoms with Crippen molar-refractivity contribution >= 4 is 27.5 Å². The van der Waals surface area contributed by atoms with Gasteiger partial charge in [0.15, 0.2) is 0 Å². The molecule has 4 aromatic carbocycles. The van der Waals surface area contributed by atoms with Gasteiger partial charge < -0.3 is 15.0 Å². The zero-order valence-corrected chi connectivity index (χ0v) is 28.1. The number of hydrogen-bond donors (Lipinski definition) is 1. The fourth-order valence-electron chi connectivity index (χ4n) is 6.21. The molecule has 0 saturated heterocycles. The van der Waals surface area contributed by atoms with E-state index in [1.807, 2.05) is 80.6 Å². The third-order valence-corrected chi connectivity index (χ3v) is 10.5. The molecule has 1 fully saturated rings. The van der Waals surface area contributed by atoms with E-state index in [1.54, 1.807) is 31.4 Å². The van der Waals surface area contributed by atoms with Crippen molar-refractivity contribution in [1.82, 2.24) is 10.2 Å². The van der Waals surface area contributed by atoms with Gasteiger partial charge in [0, 0.05) is 19.0 Å². The standard InChI is InChI=1S/C38H43N3O5S/c1-28-21-22-35(29(2)23-28)41(47(44,45)34-19-8-5-9-20-34)27-37(42)40(26-31-15-12-18-33(24-31)46-3)36(25-30-13-6-4-7-14-30)38(43)39-32-16-10-11-17-32/h4-9,12-15,18-24,32,36H,10-11,16-17,25-27H2,1-3H3,(H,39,43)/t36-/m0/s1. The van der Waals surface area contributed by atoms with Gasteiger partial charge in [0.25, 0.3) is 10.0 Å². The second-order valence-electron chi connectivity index (χ2n) is 12.2. The van der Waals surface area contributed by atoms with Crippen LogP contribution in [0.2, 0.25) is 0 Å². The molecule has 246 valence electrons. The molecule has 0 unspecified atom stereocenters. The van der Waals surface area contributed by atoms with Crippen molar-refractivity contribution in [3.63, 3.8) is 0 Å². The predicted molar refractivity (Wildman–Crippen MR) is 185 cm³/mol. The van der Waals surface area contributed by atoms with Crippen LogP contribution in [-0.4, -0.2) is 50.9 Å². The molecular formula is C38H43N3O5S. The van der Waals surface area contributed by atoms with Crippen LogP contribution in [0.15, 0.2) is 108 Å². The van der Waals surface area contributed by atoms with Crippen LogP contribution in [0.5, 0.6) is 5.75 Å². The lowest BCUT2D eigenvalue weighted by Gasteiger charge is -2.34. The summed E-state index contributed by atoms with van der Waals surface area (Å²) in [6.45, 7) is 3.36. The first-order valence-corrected chi connectivity index (χ1v) is 17.5. The van der Waals surface area contributed by atoms with E-state index in [-0.39, 0.29) is 29.8 Å². The molecule has 9 heteroatoms. The third kappa shape index (κ3) is 8.40. The van der Waals surface area contributed by atoms with Crippen molar-refractivity contribution in [1.29, 1.82) is 0 Å². The molecule has 0 spiro atoms. The van der Waals surface area contributed by atoms with Gasteiger partial charge in [-0.25, -0.2) is 8.42 Å². The summed E-state index contributed by atoms with van der Waals surface area (Å²) in [4.78, 5) is 30.5. The topological polar surface area (TPSA) is 96.0 Å². The summed E-state index contributed by atoms with van der Waals surface area (Å²) in [5.41, 5.74) is 3.75. The van der Waals surface area contributed by atoms with Crippen molar-refractivity contribution < 1.29 is 22.7 Å². The highest BCUT2D eigenvalue weighted by atomic mass is 32.2. The minimum Gasteiger partial charge on any atom is -0.497 e. The molecular weight excluding hydrogens is 611 g/mol. The molecule has 1 atom stereocenters. The molecule has 0 bridgehead atoms. The van der Waals surface area contributed by atoms with Gasteiger partial charge in [-0.05, 0) is 73.7 Å². The van der Waals surface area contributed by atoms with Crippen LogP contribution >= 0.6 is 0 Å². The first-order chi connectivity index (χ1) is 22.7. The lowest BCUT2D eigenvalue weighted by Crippen LogP contribution is -2.54.